The second-order valence-corrected chi connectivity index (χ2v) is 2.20. The van der Waals surface area contributed by atoms with Gasteiger partial charge < -0.3 is 0 Å². The molecule has 1 rings (SSSR count). The smallest absolute Gasteiger partial charge is 0.239 e. The molecule has 1 heterocycles. The molecule has 0 N–H and O–H groups in total. The van der Waals surface area contributed by atoms with Crippen LogP contribution >= 0.6 is 0 Å². The van der Waals surface area contributed by atoms with Gasteiger partial charge in [-0.1, -0.05) is 6.58 Å². The zero-order chi connectivity index (χ0) is 13.1. The van der Waals surface area contributed by atoms with E-state index in [9.17, 15) is 26.3 Å². The number of alkyl halides is 6. The van der Waals surface area contributed by atoms with Crippen molar-refractivity contribution in [2.75, 3.05) is 0 Å². The van der Waals surface area contributed by atoms with Gasteiger partial charge in [-0.3, -0.25) is 0 Å². The van der Waals surface area contributed by atoms with Crippen molar-refractivity contribution in [1.82, 2.24) is 4.57 Å². The molecule has 0 aliphatic rings. The van der Waals surface area contributed by atoms with Crippen LogP contribution in [0.15, 0.2) is 25.3 Å². The fraction of sp³-hybridized carbons (Fsp3) is 0.375. The molecule has 16 heavy (non-hydrogen) atoms. The molecule has 94 valence electrons. The molecule has 0 aromatic carbocycles. The van der Waals surface area contributed by atoms with E-state index < -0.39 is 13.4 Å². The first-order valence-corrected chi connectivity index (χ1v) is 3.79. The SMILES string of the molecule is C=Cn1cc[n+](C)c1.FC(F)F.FC(F)F. The van der Waals surface area contributed by atoms with Gasteiger partial charge in [-0.15, -0.1) is 0 Å². The molecule has 0 aliphatic heterocycles. The summed E-state index contributed by atoms with van der Waals surface area (Å²) in [5, 5.41) is 0. The number of hydrogen-bond donors (Lipinski definition) is 0. The first-order chi connectivity index (χ1) is 7.29. The summed E-state index contributed by atoms with van der Waals surface area (Å²) in [6, 6.07) is 0. The lowest BCUT2D eigenvalue weighted by Gasteiger charge is -1.74. The van der Waals surface area contributed by atoms with Crippen molar-refractivity contribution in [1.29, 1.82) is 0 Å². The summed E-state index contributed by atoms with van der Waals surface area (Å²) in [5.41, 5.74) is 0. The Labute approximate surface area is 88.4 Å². The number of nitrogens with zero attached hydrogens (tertiary/aromatic N) is 2. The molecule has 0 saturated heterocycles. The molecule has 0 spiro atoms. The summed E-state index contributed by atoms with van der Waals surface area (Å²) in [5.74, 6) is 0. The Hall–Kier alpha value is -1.47. The lowest BCUT2D eigenvalue weighted by molar-refractivity contribution is -0.670. The highest BCUT2D eigenvalue weighted by molar-refractivity contribution is 5.12. The van der Waals surface area contributed by atoms with Crippen molar-refractivity contribution in [2.24, 2.45) is 7.05 Å². The van der Waals surface area contributed by atoms with Crippen LogP contribution < -0.4 is 4.57 Å². The molecular weight excluding hydrogens is 238 g/mol. The largest absolute Gasteiger partial charge is 0.379 e. The topological polar surface area (TPSA) is 8.81 Å². The Kier molecular flexibility index (Phi) is 10.7. The number of aromatic nitrogens is 2. The Balaban J connectivity index is 0. The highest BCUT2D eigenvalue weighted by Gasteiger charge is 1.90. The van der Waals surface area contributed by atoms with E-state index in [0.29, 0.717) is 0 Å². The molecule has 1 aromatic rings. The van der Waals surface area contributed by atoms with Crippen LogP contribution in [-0.4, -0.2) is 17.9 Å². The fourth-order valence-corrected chi connectivity index (χ4v) is 0.577. The van der Waals surface area contributed by atoms with E-state index in [1.165, 1.54) is 0 Å². The van der Waals surface area contributed by atoms with Crippen molar-refractivity contribution in [3.8, 4) is 0 Å². The maximum atomic E-state index is 9.67. The third-order valence-corrected chi connectivity index (χ3v) is 1.00. The van der Waals surface area contributed by atoms with Gasteiger partial charge in [-0.2, -0.15) is 26.3 Å². The van der Waals surface area contributed by atoms with Gasteiger partial charge in [-0.05, 0) is 0 Å². The number of imidazole rings is 1. The quantitative estimate of drug-likeness (QED) is 0.534. The highest BCUT2D eigenvalue weighted by Crippen LogP contribution is 1.87. The molecule has 1 aromatic heterocycles. The summed E-state index contributed by atoms with van der Waals surface area (Å²) in [6.07, 6.45) is 7.58. The van der Waals surface area contributed by atoms with Crippen molar-refractivity contribution >= 4 is 6.20 Å². The molecule has 0 saturated carbocycles. The fourth-order valence-electron chi connectivity index (χ4n) is 0.577. The second-order valence-electron chi connectivity index (χ2n) is 2.20. The molecule has 0 fully saturated rings. The van der Waals surface area contributed by atoms with Gasteiger partial charge in [0, 0.05) is 0 Å². The van der Waals surface area contributed by atoms with Crippen LogP contribution in [0, 0.1) is 0 Å². The Morgan fingerprint density at radius 1 is 1.12 bits per heavy atom. The van der Waals surface area contributed by atoms with Gasteiger partial charge in [0.1, 0.15) is 12.4 Å². The van der Waals surface area contributed by atoms with Crippen molar-refractivity contribution in [2.45, 2.75) is 13.4 Å². The molecule has 0 bridgehead atoms. The normalized spacial score (nSPS) is 9.06. The third-order valence-electron chi connectivity index (χ3n) is 1.00. The Morgan fingerprint density at radius 3 is 1.62 bits per heavy atom. The van der Waals surface area contributed by atoms with Gasteiger partial charge in [0.05, 0.1) is 13.2 Å². The number of aryl methyl sites for hydroxylation is 1. The first kappa shape index (κ1) is 16.9. The van der Waals surface area contributed by atoms with Crippen molar-refractivity contribution in [3.63, 3.8) is 0 Å². The van der Waals surface area contributed by atoms with Crippen LogP contribution in [0.3, 0.4) is 0 Å². The molecular formula is C8H11F6N2+. The van der Waals surface area contributed by atoms with Gasteiger partial charge in [-0.25, -0.2) is 9.13 Å². The van der Waals surface area contributed by atoms with E-state index in [1.54, 1.807) is 6.20 Å². The summed E-state index contributed by atoms with van der Waals surface area (Å²) < 4.78 is 61.8. The molecule has 2 nitrogen and oxygen atoms in total. The van der Waals surface area contributed by atoms with Gasteiger partial charge in [0.2, 0.25) is 6.33 Å². The monoisotopic (exact) mass is 249 g/mol. The van der Waals surface area contributed by atoms with E-state index in [0.717, 1.165) is 0 Å². The Morgan fingerprint density at radius 2 is 1.50 bits per heavy atom. The summed E-state index contributed by atoms with van der Waals surface area (Å²) in [4.78, 5) is 0. The molecule has 0 atom stereocenters. The maximum Gasteiger partial charge on any atom is 0.379 e. The van der Waals surface area contributed by atoms with E-state index >= 15 is 0 Å². The van der Waals surface area contributed by atoms with Gasteiger partial charge in [0.25, 0.3) is 0 Å². The average molecular weight is 249 g/mol. The molecule has 0 aliphatic carbocycles. The van der Waals surface area contributed by atoms with Crippen molar-refractivity contribution < 1.29 is 30.9 Å². The van der Waals surface area contributed by atoms with Crippen molar-refractivity contribution in [3.05, 3.63) is 25.3 Å². The number of hydrogen-bond acceptors (Lipinski definition) is 0. The summed E-state index contributed by atoms with van der Waals surface area (Å²) >= 11 is 0. The molecule has 8 heteroatoms. The third kappa shape index (κ3) is 18.3. The summed E-state index contributed by atoms with van der Waals surface area (Å²) in [6.45, 7) is -3.74. The van der Waals surface area contributed by atoms with Gasteiger partial charge in [0.15, 0.2) is 0 Å². The van der Waals surface area contributed by atoms with E-state index in [4.69, 9.17) is 0 Å². The highest BCUT2D eigenvalue weighted by atomic mass is 19.4. The number of halogens is 6. The van der Waals surface area contributed by atoms with Crippen LogP contribution in [-0.2, 0) is 7.05 Å². The van der Waals surface area contributed by atoms with E-state index in [1.807, 2.05) is 34.9 Å². The average Bonchev–Trinajstić information content (AvgIpc) is 2.49. The predicted octanol–water partition coefficient (Wildman–Crippen LogP) is 2.77. The van der Waals surface area contributed by atoms with Gasteiger partial charge >= 0.3 is 13.4 Å². The van der Waals surface area contributed by atoms with E-state index in [-0.39, 0.29) is 0 Å². The number of rotatable bonds is 1. The zero-order valence-electron chi connectivity index (χ0n) is 8.33. The van der Waals surface area contributed by atoms with Crippen LogP contribution in [0.1, 0.15) is 0 Å². The molecule has 0 unspecified atom stereocenters. The minimum absolute atomic E-state index is 1.75. The Bertz CT molecular complexity index is 262. The lowest BCUT2D eigenvalue weighted by Crippen LogP contribution is -2.23. The minimum Gasteiger partial charge on any atom is -0.239 e. The first-order valence-electron chi connectivity index (χ1n) is 3.79. The standard InChI is InChI=1S/C6H9N2.2CHF3/c1-3-8-5-4-7(2)6-8;2*2-1(3)4/h3-6H,1H2,2H3;2*1H/q+1;;. The van der Waals surface area contributed by atoms with Crippen LogP contribution in [0.4, 0.5) is 26.3 Å². The van der Waals surface area contributed by atoms with Crippen LogP contribution in [0.2, 0.25) is 0 Å². The second kappa shape index (κ2) is 10.1. The maximum absolute atomic E-state index is 9.67. The zero-order valence-corrected chi connectivity index (χ0v) is 8.33. The molecule has 0 radical (unpaired) electrons. The molecule has 0 amide bonds. The predicted molar refractivity (Wildman–Crippen MR) is 46.2 cm³/mol. The van der Waals surface area contributed by atoms with Crippen LogP contribution in [0.25, 0.3) is 6.20 Å². The lowest BCUT2D eigenvalue weighted by atomic mass is 10.8. The summed E-state index contributed by atoms with van der Waals surface area (Å²) in [7, 11) is 1.97. The van der Waals surface area contributed by atoms with Crippen LogP contribution in [0.5, 0.6) is 0 Å². The minimum atomic E-state index is -3.67. The van der Waals surface area contributed by atoms with E-state index in [2.05, 4.69) is 6.58 Å².